The maximum atomic E-state index is 11.4. The molecule has 1 saturated heterocycles. The van der Waals surface area contributed by atoms with Gasteiger partial charge in [0.05, 0.1) is 0 Å². The fourth-order valence-electron chi connectivity index (χ4n) is 3.15. The summed E-state index contributed by atoms with van der Waals surface area (Å²) in [6.07, 6.45) is -0.970. The van der Waals surface area contributed by atoms with Crippen LogP contribution in [0.3, 0.4) is 0 Å². The lowest BCUT2D eigenvalue weighted by atomic mass is 10.1. The highest BCUT2D eigenvalue weighted by molar-refractivity contribution is 7.20. The fourth-order valence-corrected chi connectivity index (χ4v) is 4.15. The first-order valence-corrected chi connectivity index (χ1v) is 9.88. The van der Waals surface area contributed by atoms with Gasteiger partial charge in [0.2, 0.25) is 5.91 Å². The van der Waals surface area contributed by atoms with Crippen LogP contribution in [0.5, 0.6) is 5.75 Å². The molecular formula is C19H23N5O4S. The van der Waals surface area contributed by atoms with Crippen LogP contribution in [0.4, 0.5) is 14.6 Å². The van der Waals surface area contributed by atoms with E-state index in [2.05, 4.69) is 10.2 Å². The molecule has 0 unspecified atom stereocenters. The van der Waals surface area contributed by atoms with E-state index in [0.29, 0.717) is 5.00 Å². The average Bonchev–Trinajstić information content (AvgIpc) is 3.04. The van der Waals surface area contributed by atoms with Crippen molar-refractivity contribution in [1.82, 2.24) is 9.80 Å². The van der Waals surface area contributed by atoms with Gasteiger partial charge in [-0.15, -0.1) is 11.3 Å². The topological polar surface area (TPSA) is 131 Å². The normalized spacial score (nSPS) is 14.4. The Morgan fingerprint density at radius 3 is 2.31 bits per heavy atom. The largest absolute Gasteiger partial charge is 0.410 e. The number of nitrogens with one attached hydrogen (secondary N) is 1. The fraction of sp³-hybridized carbons (Fsp3) is 0.316. The third-order valence-corrected chi connectivity index (χ3v) is 5.69. The van der Waals surface area contributed by atoms with Gasteiger partial charge in [-0.05, 0) is 11.1 Å². The molecule has 2 aromatic rings. The van der Waals surface area contributed by atoms with E-state index in [1.54, 1.807) is 13.0 Å². The van der Waals surface area contributed by atoms with Crippen molar-refractivity contribution in [2.75, 3.05) is 31.5 Å². The van der Waals surface area contributed by atoms with Crippen molar-refractivity contribution >= 4 is 34.4 Å². The number of primary amides is 2. The third kappa shape index (κ3) is 5.46. The van der Waals surface area contributed by atoms with Crippen molar-refractivity contribution < 1.29 is 19.1 Å². The molecule has 10 heteroatoms. The standard InChI is InChI=1S/C19H23N5O4S/c1-12(25)24-8-6-23(7-9-24)11-13-2-4-14(5-3-13)16-10-15(28-19(21)27)17(29-16)22-18(20)26/h2-5,10H,6-9,11H2,1H3,(H2,21,27)(H3,20,22,26). The SMILES string of the molecule is CC(=O)N1CCN(Cc2ccc(-c3cc(OC(N)=O)c(NC(N)=O)s3)cc2)CC1. The quantitative estimate of drug-likeness (QED) is 0.685. The summed E-state index contributed by atoms with van der Waals surface area (Å²) in [6, 6.07) is 8.87. The molecule has 4 amide bonds. The van der Waals surface area contributed by atoms with Crippen LogP contribution < -0.4 is 21.5 Å². The van der Waals surface area contributed by atoms with E-state index in [1.807, 2.05) is 29.2 Å². The Labute approximate surface area is 172 Å². The number of amides is 4. The Bertz CT molecular complexity index is 870. The van der Waals surface area contributed by atoms with Crippen molar-refractivity contribution in [2.24, 2.45) is 11.5 Å². The number of hydrogen-bond donors (Lipinski definition) is 3. The van der Waals surface area contributed by atoms with E-state index >= 15 is 0 Å². The molecular weight excluding hydrogens is 394 g/mol. The molecule has 0 atom stereocenters. The minimum absolute atomic E-state index is 0.120. The number of urea groups is 1. The number of rotatable bonds is 5. The number of benzene rings is 1. The second-order valence-electron chi connectivity index (χ2n) is 6.69. The van der Waals surface area contributed by atoms with Crippen molar-refractivity contribution in [3.05, 3.63) is 35.9 Å². The Hall–Kier alpha value is -3.11. The summed E-state index contributed by atoms with van der Waals surface area (Å²) in [5.74, 6) is 0.276. The molecule has 1 aromatic carbocycles. The molecule has 0 bridgehead atoms. The molecule has 1 aromatic heterocycles. The number of anilines is 1. The average molecular weight is 417 g/mol. The highest BCUT2D eigenvalue weighted by Crippen LogP contribution is 2.40. The van der Waals surface area contributed by atoms with Crippen LogP contribution in [0.25, 0.3) is 10.4 Å². The van der Waals surface area contributed by atoms with Gasteiger partial charge in [-0.25, -0.2) is 9.59 Å². The number of piperazine rings is 1. The van der Waals surface area contributed by atoms with E-state index in [4.69, 9.17) is 16.2 Å². The maximum Gasteiger partial charge on any atom is 0.410 e. The van der Waals surface area contributed by atoms with Crippen molar-refractivity contribution in [3.8, 4) is 16.2 Å². The molecule has 154 valence electrons. The molecule has 9 nitrogen and oxygen atoms in total. The molecule has 0 aliphatic carbocycles. The molecule has 1 aliphatic rings. The molecule has 5 N–H and O–H groups in total. The van der Waals surface area contributed by atoms with Gasteiger partial charge in [0.25, 0.3) is 0 Å². The summed E-state index contributed by atoms with van der Waals surface area (Å²) in [4.78, 5) is 38.6. The van der Waals surface area contributed by atoms with E-state index in [0.717, 1.165) is 48.7 Å². The first kappa shape index (κ1) is 20.6. The zero-order valence-corrected chi connectivity index (χ0v) is 16.8. The van der Waals surface area contributed by atoms with Gasteiger partial charge in [0, 0.05) is 50.6 Å². The lowest BCUT2D eigenvalue weighted by Gasteiger charge is -2.34. The van der Waals surface area contributed by atoms with E-state index in [-0.39, 0.29) is 11.7 Å². The number of carbonyl (C=O) groups excluding carboxylic acids is 3. The second kappa shape index (κ2) is 8.93. The first-order valence-electron chi connectivity index (χ1n) is 9.06. The molecule has 3 rings (SSSR count). The Morgan fingerprint density at radius 1 is 1.10 bits per heavy atom. The molecule has 1 aliphatic heterocycles. The van der Waals surface area contributed by atoms with E-state index < -0.39 is 12.1 Å². The number of carbonyl (C=O) groups is 3. The van der Waals surface area contributed by atoms with Gasteiger partial charge in [-0.3, -0.25) is 15.0 Å². The van der Waals surface area contributed by atoms with Crippen LogP contribution in [-0.2, 0) is 11.3 Å². The first-order chi connectivity index (χ1) is 13.8. The van der Waals surface area contributed by atoms with Crippen LogP contribution in [0, 0.1) is 0 Å². The lowest BCUT2D eigenvalue weighted by molar-refractivity contribution is -0.130. The van der Waals surface area contributed by atoms with Gasteiger partial charge in [-0.1, -0.05) is 24.3 Å². The minimum Gasteiger partial charge on any atom is -0.407 e. The van der Waals surface area contributed by atoms with Gasteiger partial charge >= 0.3 is 12.1 Å². The highest BCUT2D eigenvalue weighted by atomic mass is 32.1. The highest BCUT2D eigenvalue weighted by Gasteiger charge is 2.19. The zero-order chi connectivity index (χ0) is 21.0. The Balaban J connectivity index is 1.68. The summed E-state index contributed by atoms with van der Waals surface area (Å²) in [7, 11) is 0. The summed E-state index contributed by atoms with van der Waals surface area (Å²) >= 11 is 1.23. The molecule has 0 radical (unpaired) electrons. The van der Waals surface area contributed by atoms with Gasteiger partial charge < -0.3 is 21.1 Å². The number of thiophene rings is 1. The third-order valence-electron chi connectivity index (χ3n) is 4.61. The molecule has 29 heavy (non-hydrogen) atoms. The summed E-state index contributed by atoms with van der Waals surface area (Å²) in [5, 5.41) is 2.75. The molecule has 1 fully saturated rings. The minimum atomic E-state index is -0.970. The van der Waals surface area contributed by atoms with Crippen LogP contribution >= 0.6 is 11.3 Å². The van der Waals surface area contributed by atoms with Crippen LogP contribution in [0.2, 0.25) is 0 Å². The van der Waals surface area contributed by atoms with E-state index in [9.17, 15) is 14.4 Å². The van der Waals surface area contributed by atoms with Crippen LogP contribution in [0.1, 0.15) is 12.5 Å². The van der Waals surface area contributed by atoms with Crippen molar-refractivity contribution in [1.29, 1.82) is 0 Å². The Kier molecular flexibility index (Phi) is 6.35. The number of hydrogen-bond acceptors (Lipinski definition) is 6. The van der Waals surface area contributed by atoms with Crippen molar-refractivity contribution in [3.63, 3.8) is 0 Å². The number of ether oxygens (including phenoxy) is 1. The van der Waals surface area contributed by atoms with Gasteiger partial charge in [0.1, 0.15) is 5.00 Å². The summed E-state index contributed by atoms with van der Waals surface area (Å²) < 4.78 is 4.94. The van der Waals surface area contributed by atoms with E-state index in [1.165, 1.54) is 11.3 Å². The monoisotopic (exact) mass is 417 g/mol. The molecule has 2 heterocycles. The lowest BCUT2D eigenvalue weighted by Crippen LogP contribution is -2.47. The zero-order valence-electron chi connectivity index (χ0n) is 16.0. The molecule has 0 spiro atoms. The van der Waals surface area contributed by atoms with Crippen LogP contribution in [0.15, 0.2) is 30.3 Å². The summed E-state index contributed by atoms with van der Waals surface area (Å²) in [6.45, 7) is 5.61. The summed E-state index contributed by atoms with van der Waals surface area (Å²) in [5.41, 5.74) is 12.3. The van der Waals surface area contributed by atoms with Crippen LogP contribution in [-0.4, -0.2) is 54.0 Å². The van der Waals surface area contributed by atoms with Gasteiger partial charge in [0.15, 0.2) is 5.75 Å². The smallest absolute Gasteiger partial charge is 0.407 e. The number of nitrogens with zero attached hydrogens (tertiary/aromatic N) is 2. The molecule has 0 saturated carbocycles. The number of nitrogens with two attached hydrogens (primary N) is 2. The second-order valence-corrected chi connectivity index (χ2v) is 7.75. The maximum absolute atomic E-state index is 11.4. The predicted molar refractivity (Wildman–Crippen MR) is 111 cm³/mol. The van der Waals surface area contributed by atoms with Gasteiger partial charge in [-0.2, -0.15) is 0 Å². The Morgan fingerprint density at radius 2 is 1.76 bits per heavy atom. The van der Waals surface area contributed by atoms with Crippen molar-refractivity contribution in [2.45, 2.75) is 13.5 Å². The predicted octanol–water partition coefficient (Wildman–Crippen LogP) is 2.03.